The number of piperazine rings is 1. The molecule has 39 heavy (non-hydrogen) atoms. The van der Waals surface area contributed by atoms with Crippen LogP contribution in [0.3, 0.4) is 0 Å². The molecule has 6 nitrogen and oxygen atoms in total. The number of anilines is 2. The van der Waals surface area contributed by atoms with Gasteiger partial charge >= 0.3 is 0 Å². The van der Waals surface area contributed by atoms with Gasteiger partial charge in [-0.1, -0.05) is 68.1 Å². The summed E-state index contributed by atoms with van der Waals surface area (Å²) in [5, 5.41) is 3.30. The molecule has 11 heteroatoms. The van der Waals surface area contributed by atoms with Gasteiger partial charge in [0.25, 0.3) is 0 Å². The molecule has 0 saturated carbocycles. The summed E-state index contributed by atoms with van der Waals surface area (Å²) in [6.07, 6.45) is -0.236. The highest BCUT2D eigenvalue weighted by molar-refractivity contribution is 9.09. The van der Waals surface area contributed by atoms with Crippen molar-refractivity contribution in [1.29, 1.82) is 0 Å². The Balaban J connectivity index is 1.02. The first-order valence-electron chi connectivity index (χ1n) is 12.5. The van der Waals surface area contributed by atoms with E-state index in [0.29, 0.717) is 28.6 Å². The maximum atomic E-state index is 6.43. The molecular weight excluding hydrogens is 645 g/mol. The van der Waals surface area contributed by atoms with Crippen LogP contribution in [-0.2, 0) is 15.3 Å². The Hall–Kier alpha value is -1.78. The second-order valence-electron chi connectivity index (χ2n) is 9.45. The third-order valence-electron chi connectivity index (χ3n) is 6.90. The Morgan fingerprint density at radius 2 is 1.67 bits per heavy atom. The number of rotatable bonds is 7. The summed E-state index contributed by atoms with van der Waals surface area (Å²) in [4.78, 5) is 9.53. The van der Waals surface area contributed by atoms with Crippen molar-refractivity contribution in [3.63, 3.8) is 0 Å². The smallest absolute Gasteiger partial charge is 0.206 e. The molecule has 3 heterocycles. The number of aromatic nitrogens is 1. The summed E-state index contributed by atoms with van der Waals surface area (Å²) in [5.41, 5.74) is 2.91. The van der Waals surface area contributed by atoms with Crippen molar-refractivity contribution in [1.82, 2.24) is 4.98 Å². The number of hydrogen-bond donors (Lipinski definition) is 0. The van der Waals surface area contributed by atoms with Gasteiger partial charge in [0.15, 0.2) is 5.13 Å². The van der Waals surface area contributed by atoms with Crippen LogP contribution in [-0.4, -0.2) is 55.8 Å². The summed E-state index contributed by atoms with van der Waals surface area (Å²) >= 11 is 23.8. The van der Waals surface area contributed by atoms with Crippen LogP contribution in [0, 0.1) is 0 Å². The fourth-order valence-corrected chi connectivity index (χ4v) is 7.29. The molecule has 0 N–H and O–H groups in total. The summed E-state index contributed by atoms with van der Waals surface area (Å²) in [7, 11) is 0. The Bertz CT molecular complexity index is 1470. The lowest BCUT2D eigenvalue weighted by atomic mass is 10.1. The van der Waals surface area contributed by atoms with E-state index in [9.17, 15) is 0 Å². The van der Waals surface area contributed by atoms with E-state index in [1.807, 2.05) is 36.4 Å². The van der Waals surface area contributed by atoms with Crippen molar-refractivity contribution in [2.24, 2.45) is 0 Å². The third-order valence-corrected chi connectivity index (χ3v) is 9.50. The number of halogens is 4. The Morgan fingerprint density at radius 3 is 2.41 bits per heavy atom. The van der Waals surface area contributed by atoms with Crippen LogP contribution < -0.4 is 14.5 Å². The zero-order valence-corrected chi connectivity index (χ0v) is 25.5. The molecule has 1 aromatic heterocycles. The Morgan fingerprint density at radius 1 is 0.949 bits per heavy atom. The summed E-state index contributed by atoms with van der Waals surface area (Å²) in [6.45, 7) is 4.44. The number of thiazole rings is 1. The topological polar surface area (TPSA) is 47.1 Å². The molecule has 6 rings (SSSR count). The predicted octanol–water partition coefficient (Wildman–Crippen LogP) is 7.63. The number of nitrogens with zero attached hydrogens (tertiary/aromatic N) is 3. The van der Waals surface area contributed by atoms with Gasteiger partial charge in [-0.25, -0.2) is 4.98 Å². The van der Waals surface area contributed by atoms with Crippen LogP contribution in [0.5, 0.6) is 5.75 Å². The zero-order chi connectivity index (χ0) is 27.0. The Kier molecular flexibility index (Phi) is 8.15. The lowest BCUT2D eigenvalue weighted by Crippen LogP contribution is -2.46. The van der Waals surface area contributed by atoms with Crippen LogP contribution in [0.2, 0.25) is 15.1 Å². The van der Waals surface area contributed by atoms with E-state index in [0.717, 1.165) is 57.9 Å². The first kappa shape index (κ1) is 27.4. The van der Waals surface area contributed by atoms with Crippen LogP contribution in [0.25, 0.3) is 10.2 Å². The monoisotopic (exact) mass is 667 g/mol. The van der Waals surface area contributed by atoms with Crippen molar-refractivity contribution in [3.05, 3.63) is 81.3 Å². The first-order valence-corrected chi connectivity index (χ1v) is 15.6. The second-order valence-corrected chi connectivity index (χ2v) is 12.3. The van der Waals surface area contributed by atoms with Crippen molar-refractivity contribution < 1.29 is 14.2 Å². The summed E-state index contributed by atoms with van der Waals surface area (Å²) in [5.74, 6) is -0.185. The van der Waals surface area contributed by atoms with E-state index in [4.69, 9.17) is 54.0 Å². The predicted molar refractivity (Wildman–Crippen MR) is 164 cm³/mol. The van der Waals surface area contributed by atoms with Gasteiger partial charge in [-0.15, -0.1) is 0 Å². The summed E-state index contributed by atoms with van der Waals surface area (Å²) in [6, 6.07) is 19.4. The number of alkyl halides is 1. The van der Waals surface area contributed by atoms with E-state index in [2.05, 4.69) is 37.9 Å². The molecule has 2 saturated heterocycles. The number of ether oxygens (including phenoxy) is 3. The van der Waals surface area contributed by atoms with Crippen molar-refractivity contribution in [2.45, 2.75) is 11.9 Å². The van der Waals surface area contributed by atoms with Gasteiger partial charge in [-0.3, -0.25) is 0 Å². The molecule has 0 radical (unpaired) electrons. The fourth-order valence-electron chi connectivity index (χ4n) is 4.85. The van der Waals surface area contributed by atoms with Gasteiger partial charge in [-0.2, -0.15) is 0 Å². The SMILES string of the molecule is Clc1ccc(C2(CBr)OCC(COc3ccc(N4CCN(c5nc6ccc(Cl)cc6s5)CC4)cc3)O2)c(Cl)c1. The molecule has 2 aliphatic heterocycles. The largest absolute Gasteiger partial charge is 0.491 e. The molecule has 204 valence electrons. The van der Waals surface area contributed by atoms with Crippen molar-refractivity contribution >= 4 is 83.1 Å². The molecule has 2 unspecified atom stereocenters. The lowest BCUT2D eigenvalue weighted by molar-refractivity contribution is -0.159. The molecule has 2 fully saturated rings. The molecule has 2 aliphatic rings. The van der Waals surface area contributed by atoms with Crippen LogP contribution in [0.15, 0.2) is 60.7 Å². The van der Waals surface area contributed by atoms with Crippen LogP contribution >= 0.6 is 62.1 Å². The van der Waals surface area contributed by atoms with Gasteiger partial charge in [0.05, 0.1) is 27.2 Å². The normalized spacial score (nSPS) is 21.6. The molecule has 0 aliphatic carbocycles. The highest BCUT2D eigenvalue weighted by atomic mass is 79.9. The standard InChI is InChI=1S/C28H25BrCl3N3O3S/c29-17-28(23-7-1-18(30)13-24(23)32)37-16-22(38-28)15-36-21-5-3-20(4-6-21)34-9-11-35(12-10-34)27-33-25-8-2-19(31)14-26(25)39-27/h1-8,13-14,22H,9-12,15-17H2. The van der Waals surface area contributed by atoms with Gasteiger partial charge in [0.2, 0.25) is 5.79 Å². The zero-order valence-electron chi connectivity index (χ0n) is 20.8. The lowest BCUT2D eigenvalue weighted by Gasteiger charge is -2.36. The molecule has 4 aromatic rings. The maximum Gasteiger partial charge on any atom is 0.206 e. The molecule has 3 aromatic carbocycles. The van der Waals surface area contributed by atoms with E-state index < -0.39 is 5.79 Å². The minimum Gasteiger partial charge on any atom is -0.491 e. The molecule has 0 amide bonds. The second kappa shape index (κ2) is 11.6. The molecule has 0 bridgehead atoms. The minimum atomic E-state index is -0.972. The summed E-state index contributed by atoms with van der Waals surface area (Å²) < 4.78 is 19.5. The van der Waals surface area contributed by atoms with Gasteiger partial charge in [-0.05, 0) is 54.6 Å². The number of hydrogen-bond acceptors (Lipinski definition) is 7. The van der Waals surface area contributed by atoms with Crippen molar-refractivity contribution in [2.75, 3.05) is 54.5 Å². The van der Waals surface area contributed by atoms with Gasteiger partial charge < -0.3 is 24.0 Å². The first-order chi connectivity index (χ1) is 18.9. The molecule has 2 atom stereocenters. The van der Waals surface area contributed by atoms with Crippen molar-refractivity contribution in [3.8, 4) is 5.75 Å². The number of fused-ring (bicyclic) bond motifs is 1. The van der Waals surface area contributed by atoms with Crippen LogP contribution in [0.4, 0.5) is 10.8 Å². The third kappa shape index (κ3) is 5.84. The average molecular weight is 670 g/mol. The highest BCUT2D eigenvalue weighted by Gasteiger charge is 2.44. The molecular formula is C28H25BrCl3N3O3S. The van der Waals surface area contributed by atoms with E-state index in [1.165, 1.54) is 5.69 Å². The number of benzene rings is 3. The van der Waals surface area contributed by atoms with E-state index >= 15 is 0 Å². The minimum absolute atomic E-state index is 0.236. The van der Waals surface area contributed by atoms with E-state index in [1.54, 1.807) is 23.5 Å². The highest BCUT2D eigenvalue weighted by Crippen LogP contribution is 2.40. The average Bonchev–Trinajstić information content (AvgIpc) is 3.57. The van der Waals surface area contributed by atoms with Crippen LogP contribution in [0.1, 0.15) is 5.56 Å². The maximum absolute atomic E-state index is 6.43. The van der Waals surface area contributed by atoms with Gasteiger partial charge in [0.1, 0.15) is 18.5 Å². The fraction of sp³-hybridized carbons (Fsp3) is 0.321. The van der Waals surface area contributed by atoms with E-state index in [-0.39, 0.29) is 6.10 Å². The Labute approximate surface area is 254 Å². The molecule has 0 spiro atoms. The van der Waals surface area contributed by atoms with Gasteiger partial charge in [0, 0.05) is 47.5 Å². The quantitative estimate of drug-likeness (QED) is 0.189.